The minimum absolute atomic E-state index is 0.0899. The summed E-state index contributed by atoms with van der Waals surface area (Å²) in [5.74, 6) is 2.07. The van der Waals surface area contributed by atoms with Gasteiger partial charge >= 0.3 is 0 Å². The number of hydrogen-bond acceptors (Lipinski definition) is 5. The normalized spacial score (nSPS) is 18.1. The first kappa shape index (κ1) is 22.6. The van der Waals surface area contributed by atoms with Crippen molar-refractivity contribution in [3.8, 4) is 11.5 Å². The van der Waals surface area contributed by atoms with E-state index in [0.29, 0.717) is 23.6 Å². The molecule has 0 unspecified atom stereocenters. The summed E-state index contributed by atoms with van der Waals surface area (Å²) in [6.07, 6.45) is 11.3. The van der Waals surface area contributed by atoms with Crippen molar-refractivity contribution in [2.75, 3.05) is 27.2 Å². The van der Waals surface area contributed by atoms with Gasteiger partial charge in [-0.05, 0) is 50.8 Å². The highest BCUT2D eigenvalue weighted by atomic mass is 16.5. The van der Waals surface area contributed by atoms with Gasteiger partial charge < -0.3 is 23.8 Å². The largest absolute Gasteiger partial charge is 0.497 e. The Labute approximate surface area is 191 Å². The van der Waals surface area contributed by atoms with Gasteiger partial charge in [-0.3, -0.25) is 4.79 Å². The molecule has 0 bridgehead atoms. The van der Waals surface area contributed by atoms with Gasteiger partial charge in [-0.1, -0.05) is 12.8 Å². The van der Waals surface area contributed by atoms with Crippen LogP contribution in [0.2, 0.25) is 0 Å². The number of benzene rings is 1. The lowest BCUT2D eigenvalue weighted by Gasteiger charge is -2.36. The van der Waals surface area contributed by atoms with E-state index in [9.17, 15) is 4.79 Å². The molecular formula is C25H36N4O3. The molecular weight excluding hydrogens is 404 g/mol. The fraction of sp³-hybridized carbons (Fsp3) is 0.600. The summed E-state index contributed by atoms with van der Waals surface area (Å²) in [5, 5.41) is 0. The maximum absolute atomic E-state index is 13.4. The molecule has 1 saturated carbocycles. The molecule has 0 radical (unpaired) electrons. The van der Waals surface area contributed by atoms with Crippen molar-refractivity contribution in [3.05, 3.63) is 42.0 Å². The molecule has 2 aliphatic rings. The Morgan fingerprint density at radius 2 is 1.94 bits per heavy atom. The summed E-state index contributed by atoms with van der Waals surface area (Å²) in [6.45, 7) is 5.49. The zero-order valence-electron chi connectivity index (χ0n) is 19.6. The summed E-state index contributed by atoms with van der Waals surface area (Å²) < 4.78 is 13.8. The number of aryl methyl sites for hydroxylation is 1. The number of carbonyl (C=O) groups excluding carboxylic acids is 1. The number of rotatable bonds is 8. The summed E-state index contributed by atoms with van der Waals surface area (Å²) >= 11 is 0. The number of amides is 1. The molecule has 2 fully saturated rings. The molecule has 32 heavy (non-hydrogen) atoms. The van der Waals surface area contributed by atoms with Crippen LogP contribution in [0.15, 0.2) is 30.6 Å². The maximum atomic E-state index is 13.4. The third-order valence-electron chi connectivity index (χ3n) is 6.90. The highest BCUT2D eigenvalue weighted by molar-refractivity contribution is 5.97. The van der Waals surface area contributed by atoms with Crippen molar-refractivity contribution in [1.29, 1.82) is 0 Å². The van der Waals surface area contributed by atoms with Crippen molar-refractivity contribution in [2.24, 2.45) is 0 Å². The fourth-order valence-corrected chi connectivity index (χ4v) is 4.98. The lowest BCUT2D eigenvalue weighted by Crippen LogP contribution is -2.43. The molecule has 2 aromatic rings. The van der Waals surface area contributed by atoms with E-state index in [4.69, 9.17) is 9.47 Å². The minimum Gasteiger partial charge on any atom is -0.497 e. The van der Waals surface area contributed by atoms with Crippen LogP contribution in [0.25, 0.3) is 0 Å². The average Bonchev–Trinajstić information content (AvgIpc) is 3.51. The third-order valence-corrected chi connectivity index (χ3v) is 6.90. The van der Waals surface area contributed by atoms with Crippen molar-refractivity contribution in [3.63, 3.8) is 0 Å². The summed E-state index contributed by atoms with van der Waals surface area (Å²) in [7, 11) is 3.42. The molecule has 1 aromatic carbocycles. The molecule has 7 heteroatoms. The number of ether oxygens (including phenoxy) is 2. The Bertz CT molecular complexity index is 898. The predicted octanol–water partition coefficient (Wildman–Crippen LogP) is 3.97. The lowest BCUT2D eigenvalue weighted by atomic mass is 10.0. The van der Waals surface area contributed by atoms with Crippen LogP contribution in [0, 0.1) is 0 Å². The first-order valence-corrected chi connectivity index (χ1v) is 11.9. The van der Waals surface area contributed by atoms with Gasteiger partial charge in [0.25, 0.3) is 5.91 Å². The SMILES string of the molecule is CCn1ccnc1CN(C)C(=O)c1cc(OC)ccc1OC1CCN(C2CCCC2)CC1. The number of hydrogen-bond donors (Lipinski definition) is 0. The number of aromatic nitrogens is 2. The lowest BCUT2D eigenvalue weighted by molar-refractivity contribution is 0.0706. The van der Waals surface area contributed by atoms with E-state index < -0.39 is 0 Å². The number of carbonyl (C=O) groups is 1. The molecule has 1 aliphatic carbocycles. The molecule has 1 amide bonds. The van der Waals surface area contributed by atoms with Crippen LogP contribution < -0.4 is 9.47 Å². The zero-order valence-corrected chi connectivity index (χ0v) is 19.6. The molecule has 0 spiro atoms. The van der Waals surface area contributed by atoms with E-state index in [1.807, 2.05) is 22.9 Å². The van der Waals surface area contributed by atoms with Crippen LogP contribution in [-0.2, 0) is 13.1 Å². The smallest absolute Gasteiger partial charge is 0.257 e. The van der Waals surface area contributed by atoms with Crippen LogP contribution in [0.3, 0.4) is 0 Å². The second-order valence-electron chi connectivity index (χ2n) is 8.94. The summed E-state index contributed by atoms with van der Waals surface area (Å²) in [4.78, 5) is 22.1. The Kier molecular flexibility index (Phi) is 7.35. The topological polar surface area (TPSA) is 59.8 Å². The van der Waals surface area contributed by atoms with Crippen LogP contribution in [-0.4, -0.2) is 64.7 Å². The number of nitrogens with zero attached hydrogens (tertiary/aromatic N) is 4. The molecule has 1 aliphatic heterocycles. The van der Waals surface area contributed by atoms with E-state index in [1.54, 1.807) is 31.3 Å². The van der Waals surface area contributed by atoms with Gasteiger partial charge in [0.2, 0.25) is 0 Å². The Balaban J connectivity index is 1.44. The number of methoxy groups -OCH3 is 1. The van der Waals surface area contributed by atoms with E-state index in [-0.39, 0.29) is 12.0 Å². The highest BCUT2D eigenvalue weighted by Gasteiger charge is 2.29. The van der Waals surface area contributed by atoms with Crippen LogP contribution >= 0.6 is 0 Å². The first-order valence-electron chi connectivity index (χ1n) is 11.9. The van der Waals surface area contributed by atoms with Gasteiger partial charge in [0.1, 0.15) is 23.4 Å². The van der Waals surface area contributed by atoms with Crippen molar-refractivity contribution >= 4 is 5.91 Å². The van der Waals surface area contributed by atoms with Crippen molar-refractivity contribution < 1.29 is 14.3 Å². The maximum Gasteiger partial charge on any atom is 0.257 e. The Morgan fingerprint density at radius 1 is 1.19 bits per heavy atom. The second-order valence-corrected chi connectivity index (χ2v) is 8.94. The molecule has 0 N–H and O–H groups in total. The molecule has 1 aromatic heterocycles. The molecule has 174 valence electrons. The van der Waals surface area contributed by atoms with E-state index in [0.717, 1.165) is 44.3 Å². The molecule has 7 nitrogen and oxygen atoms in total. The van der Waals surface area contributed by atoms with E-state index in [2.05, 4.69) is 16.8 Å². The summed E-state index contributed by atoms with van der Waals surface area (Å²) in [5.41, 5.74) is 0.541. The summed E-state index contributed by atoms with van der Waals surface area (Å²) in [6, 6.07) is 6.28. The zero-order chi connectivity index (χ0) is 22.5. The molecule has 1 saturated heterocycles. The quantitative estimate of drug-likeness (QED) is 0.622. The number of imidazole rings is 1. The van der Waals surface area contributed by atoms with Gasteiger partial charge in [-0.25, -0.2) is 4.98 Å². The van der Waals surface area contributed by atoms with E-state index in [1.165, 1.54) is 25.7 Å². The van der Waals surface area contributed by atoms with Gasteiger partial charge in [0.05, 0.1) is 19.2 Å². The van der Waals surface area contributed by atoms with Gasteiger partial charge in [-0.2, -0.15) is 0 Å². The molecule has 2 heterocycles. The first-order chi connectivity index (χ1) is 15.6. The Hall–Kier alpha value is -2.54. The number of piperidine rings is 1. The number of likely N-dealkylation sites (tertiary alicyclic amines) is 1. The second kappa shape index (κ2) is 10.4. The average molecular weight is 441 g/mol. The van der Waals surface area contributed by atoms with Crippen LogP contribution in [0.5, 0.6) is 11.5 Å². The molecule has 4 rings (SSSR count). The monoisotopic (exact) mass is 440 g/mol. The highest BCUT2D eigenvalue weighted by Crippen LogP contribution is 2.30. The minimum atomic E-state index is -0.0899. The van der Waals surface area contributed by atoms with Crippen molar-refractivity contribution in [2.45, 2.75) is 70.7 Å². The van der Waals surface area contributed by atoms with Crippen LogP contribution in [0.4, 0.5) is 0 Å². The fourth-order valence-electron chi connectivity index (χ4n) is 4.98. The Morgan fingerprint density at radius 3 is 2.62 bits per heavy atom. The van der Waals surface area contributed by atoms with Crippen molar-refractivity contribution in [1.82, 2.24) is 19.4 Å². The van der Waals surface area contributed by atoms with Crippen LogP contribution in [0.1, 0.15) is 61.6 Å². The van der Waals surface area contributed by atoms with Gasteiger partial charge in [-0.15, -0.1) is 0 Å². The molecule has 0 atom stereocenters. The van der Waals surface area contributed by atoms with Gasteiger partial charge in [0.15, 0.2) is 0 Å². The third kappa shape index (κ3) is 5.09. The standard InChI is InChI=1S/C25H36N4O3/c1-4-28-16-13-26-24(28)18-27(2)25(30)22-17-21(31-3)9-10-23(22)32-20-11-14-29(15-12-20)19-7-5-6-8-19/h9-10,13,16-17,19-20H,4-8,11-12,14-15,18H2,1-3H3. The van der Waals surface area contributed by atoms with E-state index >= 15 is 0 Å². The predicted molar refractivity (Wildman–Crippen MR) is 124 cm³/mol. The van der Waals surface area contributed by atoms with Gasteiger partial charge in [0, 0.05) is 45.1 Å².